The van der Waals surface area contributed by atoms with Crippen LogP contribution in [0, 0.1) is 18.3 Å². The summed E-state index contributed by atoms with van der Waals surface area (Å²) in [6.07, 6.45) is 0. The lowest BCUT2D eigenvalue weighted by molar-refractivity contribution is -0.136. The second-order valence-electron chi connectivity index (χ2n) is 9.76. The van der Waals surface area contributed by atoms with Crippen LogP contribution in [0.4, 0.5) is 0 Å². The average Bonchev–Trinajstić information content (AvgIpc) is 2.99. The van der Waals surface area contributed by atoms with Crippen LogP contribution in [0.5, 0.6) is 28.7 Å². The topological polar surface area (TPSA) is 113 Å². The van der Waals surface area contributed by atoms with Crippen LogP contribution in [0.25, 0.3) is 0 Å². The van der Waals surface area contributed by atoms with Gasteiger partial charge in [0.25, 0.3) is 0 Å². The number of benzene rings is 4. The van der Waals surface area contributed by atoms with Crippen LogP contribution in [0.15, 0.2) is 96.4 Å². The van der Waals surface area contributed by atoms with Gasteiger partial charge in [-0.3, -0.25) is 0 Å². The smallest absolute Gasteiger partial charge is 0.349 e. The van der Waals surface area contributed by atoms with E-state index in [-0.39, 0.29) is 23.8 Å². The molecule has 0 radical (unpaired) electrons. The molecular formula is C34H29ClN2O6. The second-order valence-corrected chi connectivity index (χ2v) is 10.2. The number of fused-ring (bicyclic) bond motifs is 1. The van der Waals surface area contributed by atoms with Crippen LogP contribution in [-0.4, -0.2) is 19.2 Å². The Morgan fingerprint density at radius 1 is 0.953 bits per heavy atom. The Bertz CT molecular complexity index is 1710. The monoisotopic (exact) mass is 596 g/mol. The maximum absolute atomic E-state index is 12.5. The highest BCUT2D eigenvalue weighted by molar-refractivity contribution is 6.30. The van der Waals surface area contributed by atoms with E-state index in [0.29, 0.717) is 46.8 Å². The van der Waals surface area contributed by atoms with E-state index in [9.17, 15) is 10.1 Å². The number of aryl methyl sites for hydroxylation is 1. The molecule has 0 amide bonds. The Hall–Kier alpha value is -5.13. The molecule has 43 heavy (non-hydrogen) atoms. The number of hydrogen-bond donors (Lipinski definition) is 1. The number of nitrogens with zero attached hydrogens (tertiary/aromatic N) is 1. The van der Waals surface area contributed by atoms with Crippen molar-refractivity contribution < 1.29 is 28.5 Å². The van der Waals surface area contributed by atoms with Gasteiger partial charge < -0.3 is 29.4 Å². The molecule has 8 nitrogen and oxygen atoms in total. The van der Waals surface area contributed by atoms with Crippen LogP contribution in [-0.2, 0) is 11.4 Å². The highest BCUT2D eigenvalue weighted by atomic mass is 35.5. The molecule has 1 aliphatic rings. The number of ether oxygens (including phenoxy) is 5. The van der Waals surface area contributed by atoms with Crippen molar-refractivity contribution in [1.82, 2.24) is 0 Å². The summed E-state index contributed by atoms with van der Waals surface area (Å²) < 4.78 is 28.7. The lowest BCUT2D eigenvalue weighted by Crippen LogP contribution is -2.22. The molecule has 0 saturated carbocycles. The number of allylic oxidation sites excluding steroid dienone is 1. The zero-order chi connectivity index (χ0) is 30.3. The number of carbonyl (C=O) groups excluding carboxylic acids is 1. The highest BCUT2D eigenvalue weighted by Gasteiger charge is 2.32. The van der Waals surface area contributed by atoms with E-state index < -0.39 is 11.9 Å². The number of rotatable bonds is 10. The number of nitriles is 1. The maximum atomic E-state index is 12.5. The molecule has 0 bridgehead atoms. The Labute approximate surface area is 254 Å². The van der Waals surface area contributed by atoms with Gasteiger partial charge in [0, 0.05) is 16.7 Å². The maximum Gasteiger partial charge on any atom is 0.349 e. The van der Waals surface area contributed by atoms with Crippen molar-refractivity contribution in [2.24, 2.45) is 5.73 Å². The predicted molar refractivity (Wildman–Crippen MR) is 161 cm³/mol. The first kappa shape index (κ1) is 29.4. The molecule has 1 atom stereocenters. The van der Waals surface area contributed by atoms with E-state index in [1.807, 2.05) is 56.3 Å². The molecule has 0 aromatic heterocycles. The molecular weight excluding hydrogens is 568 g/mol. The number of carbonyl (C=O) groups is 1. The highest BCUT2D eigenvalue weighted by Crippen LogP contribution is 2.45. The third kappa shape index (κ3) is 7.03. The minimum absolute atomic E-state index is 0.0366. The molecule has 0 saturated heterocycles. The Morgan fingerprint density at radius 2 is 1.77 bits per heavy atom. The van der Waals surface area contributed by atoms with Gasteiger partial charge in [-0.05, 0) is 61.4 Å². The summed E-state index contributed by atoms with van der Waals surface area (Å²) in [5, 5.41) is 10.5. The lowest BCUT2D eigenvalue weighted by Gasteiger charge is -2.27. The molecule has 0 aliphatic carbocycles. The largest absolute Gasteiger partial charge is 0.490 e. The molecule has 4 aromatic carbocycles. The van der Waals surface area contributed by atoms with Crippen molar-refractivity contribution >= 4 is 17.6 Å². The second kappa shape index (κ2) is 13.2. The molecule has 5 rings (SSSR count). The third-order valence-electron chi connectivity index (χ3n) is 6.69. The Balaban J connectivity index is 1.37. The normalized spacial score (nSPS) is 13.8. The van der Waals surface area contributed by atoms with Crippen LogP contribution < -0.4 is 29.4 Å². The summed E-state index contributed by atoms with van der Waals surface area (Å²) in [5.41, 5.74) is 10.1. The standard InChI is InChI=1S/C34H29ClN2O6/c1-3-39-31-15-23(11-14-29(31)41-19-22-9-7-21(2)8-10-22)33-27-13-12-26(17-30(27)43-34(37)28(33)18-36)42-32(38)20-40-25-6-4-5-24(35)16-25/h4-17,33H,3,19-20,37H2,1-2H3. The van der Waals surface area contributed by atoms with Gasteiger partial charge in [-0.15, -0.1) is 0 Å². The first-order chi connectivity index (χ1) is 20.8. The third-order valence-corrected chi connectivity index (χ3v) is 6.93. The lowest BCUT2D eigenvalue weighted by atomic mass is 9.83. The molecule has 1 unspecified atom stereocenters. The zero-order valence-corrected chi connectivity index (χ0v) is 24.4. The summed E-state index contributed by atoms with van der Waals surface area (Å²) in [6.45, 7) is 4.41. The van der Waals surface area contributed by atoms with Crippen molar-refractivity contribution in [3.8, 4) is 34.8 Å². The SMILES string of the molecule is CCOc1cc(C2C(C#N)=C(N)Oc3cc(OC(=O)COc4cccc(Cl)c4)ccc32)ccc1OCc1ccc(C)cc1. The fraction of sp³-hybridized carbons (Fsp3) is 0.176. The van der Waals surface area contributed by atoms with E-state index in [2.05, 4.69) is 6.07 Å². The van der Waals surface area contributed by atoms with E-state index in [1.165, 1.54) is 5.56 Å². The van der Waals surface area contributed by atoms with Crippen LogP contribution in [0.1, 0.15) is 35.1 Å². The quantitative estimate of drug-likeness (QED) is 0.157. The number of hydrogen-bond acceptors (Lipinski definition) is 8. The van der Waals surface area contributed by atoms with Gasteiger partial charge in [0.2, 0.25) is 5.88 Å². The van der Waals surface area contributed by atoms with Crippen molar-refractivity contribution in [2.45, 2.75) is 26.4 Å². The Morgan fingerprint density at radius 3 is 2.51 bits per heavy atom. The van der Waals surface area contributed by atoms with Gasteiger partial charge in [-0.1, -0.05) is 59.6 Å². The van der Waals surface area contributed by atoms with Gasteiger partial charge in [0.05, 0.1) is 12.5 Å². The number of esters is 1. The summed E-state index contributed by atoms with van der Waals surface area (Å²) >= 11 is 5.96. The van der Waals surface area contributed by atoms with Crippen LogP contribution in [0.2, 0.25) is 5.02 Å². The van der Waals surface area contributed by atoms with E-state index in [1.54, 1.807) is 42.5 Å². The van der Waals surface area contributed by atoms with Crippen LogP contribution >= 0.6 is 11.6 Å². The molecule has 0 spiro atoms. The first-order valence-electron chi connectivity index (χ1n) is 13.6. The number of halogens is 1. The molecule has 1 aliphatic heterocycles. The van der Waals surface area contributed by atoms with Gasteiger partial charge in [-0.2, -0.15) is 5.26 Å². The molecule has 0 fully saturated rings. The molecule has 2 N–H and O–H groups in total. The number of nitrogens with two attached hydrogens (primary N) is 1. The minimum Gasteiger partial charge on any atom is -0.490 e. The summed E-state index contributed by atoms with van der Waals surface area (Å²) in [6, 6.07) is 27.5. The minimum atomic E-state index is -0.615. The van der Waals surface area contributed by atoms with Crippen molar-refractivity contribution in [3.63, 3.8) is 0 Å². The van der Waals surface area contributed by atoms with Gasteiger partial charge >= 0.3 is 5.97 Å². The fourth-order valence-electron chi connectivity index (χ4n) is 4.64. The molecule has 1 heterocycles. The van der Waals surface area contributed by atoms with E-state index >= 15 is 0 Å². The average molecular weight is 597 g/mol. The van der Waals surface area contributed by atoms with Gasteiger partial charge in [-0.25, -0.2) is 4.79 Å². The van der Waals surface area contributed by atoms with Crippen molar-refractivity contribution in [2.75, 3.05) is 13.2 Å². The van der Waals surface area contributed by atoms with Crippen molar-refractivity contribution in [1.29, 1.82) is 5.26 Å². The molecule has 4 aromatic rings. The fourth-order valence-corrected chi connectivity index (χ4v) is 4.82. The summed E-state index contributed by atoms with van der Waals surface area (Å²) in [7, 11) is 0. The van der Waals surface area contributed by atoms with E-state index in [4.69, 9.17) is 41.0 Å². The van der Waals surface area contributed by atoms with E-state index in [0.717, 1.165) is 11.1 Å². The van der Waals surface area contributed by atoms with Gasteiger partial charge in [0.15, 0.2) is 18.1 Å². The zero-order valence-electron chi connectivity index (χ0n) is 23.6. The first-order valence-corrected chi connectivity index (χ1v) is 14.0. The summed E-state index contributed by atoms with van der Waals surface area (Å²) in [5.74, 6) is 0.968. The Kier molecular flexibility index (Phi) is 9.04. The molecule has 218 valence electrons. The summed E-state index contributed by atoms with van der Waals surface area (Å²) in [4.78, 5) is 12.5. The molecule has 9 heteroatoms. The predicted octanol–water partition coefficient (Wildman–Crippen LogP) is 6.83. The van der Waals surface area contributed by atoms with Gasteiger partial charge in [0.1, 0.15) is 35.5 Å². The van der Waals surface area contributed by atoms with Crippen LogP contribution in [0.3, 0.4) is 0 Å². The van der Waals surface area contributed by atoms with Crippen molar-refractivity contribution in [3.05, 3.63) is 124 Å².